The Labute approximate surface area is 104 Å². The lowest BCUT2D eigenvalue weighted by Gasteiger charge is -2.04. The summed E-state index contributed by atoms with van der Waals surface area (Å²) >= 11 is 6.04. The molecular weight excluding hydrogens is 240 g/mol. The first kappa shape index (κ1) is 12.0. The van der Waals surface area contributed by atoms with Gasteiger partial charge in [0.2, 0.25) is 5.89 Å². The average molecular weight is 253 g/mol. The number of nitrogens with two attached hydrogens (primary N) is 1. The number of ether oxygens (including phenoxy) is 1. The van der Waals surface area contributed by atoms with E-state index in [2.05, 4.69) is 4.98 Å². The van der Waals surface area contributed by atoms with Crippen molar-refractivity contribution in [3.8, 4) is 17.1 Å². The second kappa shape index (κ2) is 4.77. The average Bonchev–Trinajstić information content (AvgIpc) is 2.78. The molecule has 0 amide bonds. The molecule has 17 heavy (non-hydrogen) atoms. The molecule has 1 atom stereocenters. The van der Waals surface area contributed by atoms with Crippen molar-refractivity contribution in [1.82, 2.24) is 4.98 Å². The van der Waals surface area contributed by atoms with E-state index in [0.717, 1.165) is 5.56 Å². The Morgan fingerprint density at radius 3 is 2.76 bits per heavy atom. The predicted octanol–water partition coefficient (Wildman–Crippen LogP) is 3.02. The fraction of sp³-hybridized carbons (Fsp3) is 0.250. The monoisotopic (exact) mass is 252 g/mol. The third-order valence-corrected chi connectivity index (χ3v) is 2.64. The highest BCUT2D eigenvalue weighted by molar-refractivity contribution is 6.32. The third-order valence-electron chi connectivity index (χ3n) is 2.35. The van der Waals surface area contributed by atoms with Crippen molar-refractivity contribution in [3.63, 3.8) is 0 Å². The first-order valence-corrected chi connectivity index (χ1v) is 5.55. The number of halogens is 1. The topological polar surface area (TPSA) is 61.3 Å². The van der Waals surface area contributed by atoms with Crippen molar-refractivity contribution in [2.75, 3.05) is 7.11 Å². The molecule has 0 bridgehead atoms. The van der Waals surface area contributed by atoms with Crippen LogP contribution in [-0.2, 0) is 0 Å². The fourth-order valence-electron chi connectivity index (χ4n) is 1.45. The van der Waals surface area contributed by atoms with Crippen molar-refractivity contribution in [2.45, 2.75) is 13.0 Å². The van der Waals surface area contributed by atoms with Gasteiger partial charge in [-0.1, -0.05) is 11.6 Å². The van der Waals surface area contributed by atoms with Crippen LogP contribution < -0.4 is 10.5 Å². The third kappa shape index (κ3) is 2.43. The molecule has 0 aliphatic rings. The van der Waals surface area contributed by atoms with Crippen LogP contribution in [0.4, 0.5) is 0 Å². The van der Waals surface area contributed by atoms with Crippen molar-refractivity contribution in [2.24, 2.45) is 5.73 Å². The summed E-state index contributed by atoms with van der Waals surface area (Å²) in [5, 5.41) is 0.531. The van der Waals surface area contributed by atoms with Crippen LogP contribution in [0.5, 0.6) is 5.75 Å². The number of rotatable bonds is 3. The lowest BCUT2D eigenvalue weighted by Crippen LogP contribution is -2.04. The highest BCUT2D eigenvalue weighted by atomic mass is 35.5. The zero-order chi connectivity index (χ0) is 12.4. The highest BCUT2D eigenvalue weighted by Gasteiger charge is 2.11. The molecule has 90 valence electrons. The summed E-state index contributed by atoms with van der Waals surface area (Å²) in [5.41, 5.74) is 6.52. The van der Waals surface area contributed by atoms with Crippen LogP contribution in [0, 0.1) is 0 Å². The van der Waals surface area contributed by atoms with E-state index in [4.69, 9.17) is 26.5 Å². The molecule has 0 aliphatic heterocycles. The number of nitrogens with zero attached hydrogens (tertiary/aromatic N) is 1. The summed E-state index contributed by atoms with van der Waals surface area (Å²) in [6.45, 7) is 1.82. The molecule has 0 saturated carbocycles. The molecule has 2 rings (SSSR count). The second-order valence-corrected chi connectivity index (χ2v) is 4.11. The SMILES string of the molecule is COc1ccc(-c2cnc(C(C)N)o2)cc1Cl. The first-order valence-electron chi connectivity index (χ1n) is 5.17. The molecule has 0 radical (unpaired) electrons. The molecule has 4 nitrogen and oxygen atoms in total. The molecule has 0 fully saturated rings. The maximum atomic E-state index is 6.04. The lowest BCUT2D eigenvalue weighted by atomic mass is 10.2. The minimum absolute atomic E-state index is 0.225. The van der Waals surface area contributed by atoms with Crippen LogP contribution in [-0.4, -0.2) is 12.1 Å². The van der Waals surface area contributed by atoms with E-state index in [0.29, 0.717) is 22.4 Å². The molecule has 1 aromatic carbocycles. The van der Waals surface area contributed by atoms with Gasteiger partial charge in [-0.05, 0) is 25.1 Å². The lowest BCUT2D eigenvalue weighted by molar-refractivity contribution is 0.415. The van der Waals surface area contributed by atoms with Gasteiger partial charge in [0.15, 0.2) is 5.76 Å². The molecule has 1 aromatic heterocycles. The quantitative estimate of drug-likeness (QED) is 0.912. The molecule has 0 aliphatic carbocycles. The van der Waals surface area contributed by atoms with E-state index in [1.54, 1.807) is 25.4 Å². The molecule has 2 N–H and O–H groups in total. The summed E-state index contributed by atoms with van der Waals surface area (Å²) in [6.07, 6.45) is 1.64. The molecule has 0 spiro atoms. The maximum Gasteiger partial charge on any atom is 0.211 e. The van der Waals surface area contributed by atoms with E-state index < -0.39 is 0 Å². The zero-order valence-electron chi connectivity index (χ0n) is 9.61. The molecule has 1 heterocycles. The van der Waals surface area contributed by atoms with Gasteiger partial charge in [0.05, 0.1) is 24.4 Å². The molecule has 1 unspecified atom stereocenters. The molecule has 0 saturated heterocycles. The Hall–Kier alpha value is -1.52. The number of aromatic nitrogens is 1. The summed E-state index contributed by atoms with van der Waals surface area (Å²) in [5.74, 6) is 1.77. The van der Waals surface area contributed by atoms with Gasteiger partial charge in [-0.15, -0.1) is 0 Å². The van der Waals surface area contributed by atoms with Gasteiger partial charge in [0.1, 0.15) is 5.75 Å². The van der Waals surface area contributed by atoms with Crippen LogP contribution in [0.2, 0.25) is 5.02 Å². The van der Waals surface area contributed by atoms with E-state index >= 15 is 0 Å². The second-order valence-electron chi connectivity index (χ2n) is 3.70. The van der Waals surface area contributed by atoms with Crippen LogP contribution in [0.1, 0.15) is 18.9 Å². The number of oxazole rings is 1. The first-order chi connectivity index (χ1) is 8.11. The number of benzene rings is 1. The van der Waals surface area contributed by atoms with Gasteiger partial charge in [-0.3, -0.25) is 0 Å². The predicted molar refractivity (Wildman–Crippen MR) is 66.1 cm³/mol. The van der Waals surface area contributed by atoms with E-state index in [1.807, 2.05) is 13.0 Å². The largest absolute Gasteiger partial charge is 0.495 e. The van der Waals surface area contributed by atoms with Crippen molar-refractivity contribution < 1.29 is 9.15 Å². The van der Waals surface area contributed by atoms with E-state index in [-0.39, 0.29) is 6.04 Å². The Balaban J connectivity index is 2.36. The smallest absolute Gasteiger partial charge is 0.211 e. The summed E-state index contributed by atoms with van der Waals surface area (Å²) in [7, 11) is 1.57. The van der Waals surface area contributed by atoms with Gasteiger partial charge in [0, 0.05) is 5.56 Å². The maximum absolute atomic E-state index is 6.04. The van der Waals surface area contributed by atoms with E-state index in [9.17, 15) is 0 Å². The minimum atomic E-state index is -0.225. The summed E-state index contributed by atoms with van der Waals surface area (Å²) in [4.78, 5) is 4.10. The zero-order valence-corrected chi connectivity index (χ0v) is 10.4. The van der Waals surface area contributed by atoms with Gasteiger partial charge < -0.3 is 14.9 Å². The summed E-state index contributed by atoms with van der Waals surface area (Å²) < 4.78 is 10.6. The van der Waals surface area contributed by atoms with Crippen molar-refractivity contribution in [3.05, 3.63) is 35.3 Å². The van der Waals surface area contributed by atoms with Gasteiger partial charge in [0.25, 0.3) is 0 Å². The Bertz CT molecular complexity index is 523. The van der Waals surface area contributed by atoms with Crippen LogP contribution in [0.3, 0.4) is 0 Å². The van der Waals surface area contributed by atoms with Crippen LogP contribution in [0.15, 0.2) is 28.8 Å². The van der Waals surface area contributed by atoms with Gasteiger partial charge in [-0.2, -0.15) is 0 Å². The number of hydrogen-bond donors (Lipinski definition) is 1. The Morgan fingerprint density at radius 2 is 2.24 bits per heavy atom. The van der Waals surface area contributed by atoms with Crippen LogP contribution >= 0.6 is 11.6 Å². The Morgan fingerprint density at radius 1 is 1.47 bits per heavy atom. The molecule has 2 aromatic rings. The fourth-order valence-corrected chi connectivity index (χ4v) is 1.71. The standard InChI is InChI=1S/C12H13ClN2O2/c1-7(14)12-15-6-11(17-12)8-3-4-10(16-2)9(13)5-8/h3-7H,14H2,1-2H3. The van der Waals surface area contributed by atoms with E-state index in [1.165, 1.54) is 0 Å². The number of hydrogen-bond acceptors (Lipinski definition) is 4. The van der Waals surface area contributed by atoms with Gasteiger partial charge >= 0.3 is 0 Å². The normalized spacial score (nSPS) is 12.5. The minimum Gasteiger partial charge on any atom is -0.495 e. The molecule has 5 heteroatoms. The van der Waals surface area contributed by atoms with Crippen LogP contribution in [0.25, 0.3) is 11.3 Å². The Kier molecular flexibility index (Phi) is 3.36. The summed E-state index contributed by atoms with van der Waals surface area (Å²) in [6, 6.07) is 5.19. The number of methoxy groups -OCH3 is 1. The van der Waals surface area contributed by atoms with Crippen molar-refractivity contribution in [1.29, 1.82) is 0 Å². The highest BCUT2D eigenvalue weighted by Crippen LogP contribution is 2.30. The van der Waals surface area contributed by atoms with Crippen molar-refractivity contribution >= 4 is 11.6 Å². The van der Waals surface area contributed by atoms with Gasteiger partial charge in [-0.25, -0.2) is 4.98 Å². The molecular formula is C12H13ClN2O2.